The van der Waals surface area contributed by atoms with Crippen molar-refractivity contribution in [2.75, 3.05) is 19.0 Å². The van der Waals surface area contributed by atoms with Crippen molar-refractivity contribution in [3.05, 3.63) is 35.9 Å². The monoisotopic (exact) mass is 249 g/mol. The van der Waals surface area contributed by atoms with E-state index < -0.39 is 5.97 Å². The molecule has 18 heavy (non-hydrogen) atoms. The second-order valence-electron chi connectivity index (χ2n) is 4.23. The number of carboxylic acids is 1. The summed E-state index contributed by atoms with van der Waals surface area (Å²) in [5, 5.41) is 11.6. The Hall–Kier alpha value is -1.97. The maximum Gasteiger partial charge on any atom is 0.328 e. The van der Waals surface area contributed by atoms with E-state index >= 15 is 0 Å². The van der Waals surface area contributed by atoms with Gasteiger partial charge < -0.3 is 15.2 Å². The van der Waals surface area contributed by atoms with Crippen molar-refractivity contribution < 1.29 is 14.6 Å². The van der Waals surface area contributed by atoms with Crippen molar-refractivity contribution in [2.24, 2.45) is 0 Å². The average Bonchev–Trinajstić information content (AvgIpc) is 2.34. The highest BCUT2D eigenvalue weighted by atomic mass is 16.5. The first kappa shape index (κ1) is 14.1. The quantitative estimate of drug-likeness (QED) is 0.761. The highest BCUT2D eigenvalue weighted by Crippen LogP contribution is 2.28. The van der Waals surface area contributed by atoms with Crippen LogP contribution in [0.15, 0.2) is 30.4 Å². The summed E-state index contributed by atoms with van der Waals surface area (Å²) in [7, 11) is 1.66. The topological polar surface area (TPSA) is 58.6 Å². The molecule has 98 valence electrons. The van der Waals surface area contributed by atoms with Gasteiger partial charge in [0.1, 0.15) is 5.75 Å². The first-order valence-corrected chi connectivity index (χ1v) is 5.86. The Labute approximate surface area is 107 Å². The van der Waals surface area contributed by atoms with E-state index in [1.807, 2.05) is 18.2 Å². The second kappa shape index (κ2) is 6.69. The molecule has 2 N–H and O–H groups in total. The zero-order valence-corrected chi connectivity index (χ0v) is 10.9. The molecule has 1 aromatic rings. The molecule has 1 rings (SSSR count). The normalized spacial score (nSPS) is 10.9. The number of benzene rings is 1. The highest BCUT2D eigenvalue weighted by molar-refractivity contribution is 5.79. The summed E-state index contributed by atoms with van der Waals surface area (Å²) in [6, 6.07) is 5.86. The molecule has 1 aromatic carbocycles. The molecule has 0 amide bonds. The maximum absolute atomic E-state index is 10.3. The largest absolute Gasteiger partial charge is 0.496 e. The van der Waals surface area contributed by atoms with Gasteiger partial charge in [-0.3, -0.25) is 0 Å². The van der Waals surface area contributed by atoms with Crippen LogP contribution in [0.4, 0.5) is 5.69 Å². The van der Waals surface area contributed by atoms with Crippen molar-refractivity contribution in [3.8, 4) is 5.75 Å². The third kappa shape index (κ3) is 4.13. The summed E-state index contributed by atoms with van der Waals surface area (Å²) in [5.74, 6) is 0.308. The third-order valence-electron chi connectivity index (χ3n) is 2.54. The summed E-state index contributed by atoms with van der Waals surface area (Å²) >= 11 is 0. The van der Waals surface area contributed by atoms with Crippen LogP contribution in [0.2, 0.25) is 0 Å². The van der Waals surface area contributed by atoms with E-state index in [2.05, 4.69) is 19.2 Å². The van der Waals surface area contributed by atoms with Crippen LogP contribution >= 0.6 is 0 Å². The number of nitrogens with one attached hydrogen (secondary N) is 1. The number of ether oxygens (including phenoxy) is 1. The fourth-order valence-corrected chi connectivity index (χ4v) is 1.63. The minimum Gasteiger partial charge on any atom is -0.496 e. The van der Waals surface area contributed by atoms with Gasteiger partial charge in [0, 0.05) is 18.3 Å². The SMILES string of the molecule is COc1ccc(NC/C=C/C(=O)O)cc1C(C)C. The second-order valence-corrected chi connectivity index (χ2v) is 4.23. The van der Waals surface area contributed by atoms with Gasteiger partial charge in [-0.05, 0) is 29.7 Å². The van der Waals surface area contributed by atoms with E-state index in [1.165, 1.54) is 0 Å². The number of hydrogen-bond acceptors (Lipinski definition) is 3. The number of rotatable bonds is 6. The average molecular weight is 249 g/mol. The smallest absolute Gasteiger partial charge is 0.328 e. The molecule has 0 aliphatic heterocycles. The van der Waals surface area contributed by atoms with Crippen LogP contribution in [-0.2, 0) is 4.79 Å². The maximum atomic E-state index is 10.3. The molecule has 0 bridgehead atoms. The van der Waals surface area contributed by atoms with Crippen LogP contribution in [0.1, 0.15) is 25.3 Å². The van der Waals surface area contributed by atoms with Crippen molar-refractivity contribution in [3.63, 3.8) is 0 Å². The molecule has 0 aromatic heterocycles. The Balaban J connectivity index is 2.73. The van der Waals surface area contributed by atoms with Gasteiger partial charge in [0.25, 0.3) is 0 Å². The molecule has 0 heterocycles. The molecule has 0 saturated carbocycles. The van der Waals surface area contributed by atoms with Crippen LogP contribution in [0, 0.1) is 0 Å². The zero-order chi connectivity index (χ0) is 13.5. The Morgan fingerprint density at radius 3 is 2.78 bits per heavy atom. The molecule has 0 saturated heterocycles. The van der Waals surface area contributed by atoms with Crippen LogP contribution in [-0.4, -0.2) is 24.7 Å². The van der Waals surface area contributed by atoms with Gasteiger partial charge in [-0.2, -0.15) is 0 Å². The molecular weight excluding hydrogens is 230 g/mol. The van der Waals surface area contributed by atoms with Crippen LogP contribution in [0.25, 0.3) is 0 Å². The van der Waals surface area contributed by atoms with Gasteiger partial charge in [0.2, 0.25) is 0 Å². The number of carbonyl (C=O) groups is 1. The molecular formula is C14H19NO3. The van der Waals surface area contributed by atoms with E-state index in [9.17, 15) is 4.79 Å². The van der Waals surface area contributed by atoms with Gasteiger partial charge >= 0.3 is 5.97 Å². The lowest BCUT2D eigenvalue weighted by molar-refractivity contribution is -0.131. The summed E-state index contributed by atoms with van der Waals surface area (Å²) < 4.78 is 5.30. The minimum atomic E-state index is -0.936. The van der Waals surface area contributed by atoms with Gasteiger partial charge in [-0.25, -0.2) is 4.79 Å². The van der Waals surface area contributed by atoms with Crippen LogP contribution < -0.4 is 10.1 Å². The molecule has 0 aliphatic carbocycles. The summed E-state index contributed by atoms with van der Waals surface area (Å²) in [4.78, 5) is 10.3. The van der Waals surface area contributed by atoms with E-state index in [1.54, 1.807) is 13.2 Å². The molecule has 0 radical (unpaired) electrons. The van der Waals surface area contributed by atoms with Crippen molar-refractivity contribution in [2.45, 2.75) is 19.8 Å². The van der Waals surface area contributed by atoms with Gasteiger partial charge in [0.05, 0.1) is 7.11 Å². The van der Waals surface area contributed by atoms with Gasteiger partial charge in [0.15, 0.2) is 0 Å². The Bertz CT molecular complexity index is 439. The molecule has 4 heteroatoms. The van der Waals surface area contributed by atoms with E-state index in [4.69, 9.17) is 9.84 Å². The number of anilines is 1. The molecule has 0 aliphatic rings. The Morgan fingerprint density at radius 1 is 1.50 bits per heavy atom. The molecule has 0 atom stereocenters. The van der Waals surface area contributed by atoms with Crippen LogP contribution in [0.5, 0.6) is 5.75 Å². The van der Waals surface area contributed by atoms with E-state index in [0.717, 1.165) is 23.1 Å². The fourth-order valence-electron chi connectivity index (χ4n) is 1.63. The molecule has 0 unspecified atom stereocenters. The molecule has 0 fully saturated rings. The lowest BCUT2D eigenvalue weighted by Crippen LogP contribution is -2.01. The third-order valence-corrected chi connectivity index (χ3v) is 2.54. The number of methoxy groups -OCH3 is 1. The molecule has 0 spiro atoms. The number of carboxylic acid groups (broad SMARTS) is 1. The summed E-state index contributed by atoms with van der Waals surface area (Å²) in [5.41, 5.74) is 2.08. The predicted molar refractivity (Wildman–Crippen MR) is 72.3 cm³/mol. The number of hydrogen-bond donors (Lipinski definition) is 2. The predicted octanol–water partition coefficient (Wildman–Crippen LogP) is 2.87. The van der Waals surface area contributed by atoms with Gasteiger partial charge in [-0.15, -0.1) is 0 Å². The Morgan fingerprint density at radius 2 is 2.22 bits per heavy atom. The first-order chi connectivity index (χ1) is 8.54. The zero-order valence-electron chi connectivity index (χ0n) is 10.9. The molecule has 4 nitrogen and oxygen atoms in total. The van der Waals surface area contributed by atoms with E-state index in [0.29, 0.717) is 12.5 Å². The van der Waals surface area contributed by atoms with Gasteiger partial charge in [-0.1, -0.05) is 19.9 Å². The Kier molecular flexibility index (Phi) is 5.24. The van der Waals surface area contributed by atoms with Crippen molar-refractivity contribution >= 4 is 11.7 Å². The first-order valence-electron chi connectivity index (χ1n) is 5.86. The minimum absolute atomic E-state index is 0.372. The van der Waals surface area contributed by atoms with E-state index in [-0.39, 0.29) is 0 Å². The van der Waals surface area contributed by atoms with Crippen molar-refractivity contribution in [1.82, 2.24) is 0 Å². The van der Waals surface area contributed by atoms with Crippen LogP contribution in [0.3, 0.4) is 0 Å². The summed E-state index contributed by atoms with van der Waals surface area (Å²) in [6.07, 6.45) is 2.70. The standard InChI is InChI=1S/C14H19NO3/c1-10(2)12-9-11(6-7-13(12)18-3)15-8-4-5-14(16)17/h4-7,9-10,15H,8H2,1-3H3,(H,16,17)/b5-4+. The highest BCUT2D eigenvalue weighted by Gasteiger charge is 2.07. The number of aliphatic carboxylic acids is 1. The van der Waals surface area contributed by atoms with Crippen molar-refractivity contribution in [1.29, 1.82) is 0 Å². The lowest BCUT2D eigenvalue weighted by atomic mass is 10.0. The lowest BCUT2D eigenvalue weighted by Gasteiger charge is -2.14. The summed E-state index contributed by atoms with van der Waals surface area (Å²) in [6.45, 7) is 4.69. The fraction of sp³-hybridized carbons (Fsp3) is 0.357.